The van der Waals surface area contributed by atoms with Crippen LogP contribution < -0.4 is 0 Å². The van der Waals surface area contributed by atoms with Crippen LogP contribution in [0.5, 0.6) is 0 Å². The highest BCUT2D eigenvalue weighted by Crippen LogP contribution is 2.05. The molecule has 0 aliphatic rings. The molecule has 0 saturated carbocycles. The number of likely N-dealkylation sites (N-methyl/N-ethyl adjacent to an activating group) is 1. The Hall–Kier alpha value is -1.36. The minimum absolute atomic E-state index is 0.0702. The summed E-state index contributed by atoms with van der Waals surface area (Å²) in [5, 5.41) is 12.9. The van der Waals surface area contributed by atoms with Crippen LogP contribution in [0.4, 0.5) is 0 Å². The van der Waals surface area contributed by atoms with Crippen LogP contribution in [0.15, 0.2) is 6.07 Å². The minimum Gasteiger partial charge on any atom is -0.480 e. The summed E-state index contributed by atoms with van der Waals surface area (Å²) in [5.74, 6) is -0.796. The molecule has 15 heavy (non-hydrogen) atoms. The third-order valence-corrected chi connectivity index (χ3v) is 2.29. The van der Waals surface area contributed by atoms with Crippen molar-refractivity contribution in [3.05, 3.63) is 17.5 Å². The Bertz CT molecular complexity index is 346. The Kier molecular flexibility index (Phi) is 3.85. The summed E-state index contributed by atoms with van der Waals surface area (Å²) in [5.41, 5.74) is 1.99. The molecule has 84 valence electrons. The molecule has 0 atom stereocenters. The van der Waals surface area contributed by atoms with Crippen molar-refractivity contribution >= 4 is 5.97 Å². The van der Waals surface area contributed by atoms with Crippen molar-refractivity contribution in [3.8, 4) is 0 Å². The fourth-order valence-electron chi connectivity index (χ4n) is 1.51. The van der Waals surface area contributed by atoms with Crippen molar-refractivity contribution in [1.29, 1.82) is 0 Å². The summed E-state index contributed by atoms with van der Waals surface area (Å²) in [7, 11) is 1.87. The van der Waals surface area contributed by atoms with Crippen molar-refractivity contribution in [1.82, 2.24) is 14.7 Å². The standard InChI is InChI=1S/C10H17N3O2/c1-4-13(7-10(14)15)6-9-5-8(2)11-12(9)3/h5H,4,6-7H2,1-3H3,(H,14,15). The molecule has 5 nitrogen and oxygen atoms in total. The van der Waals surface area contributed by atoms with Crippen LogP contribution in [0.3, 0.4) is 0 Å². The predicted octanol–water partition coefficient (Wildman–Crippen LogP) is 0.635. The zero-order valence-electron chi connectivity index (χ0n) is 9.40. The molecule has 0 unspecified atom stereocenters. The van der Waals surface area contributed by atoms with Gasteiger partial charge in [-0.05, 0) is 19.5 Å². The summed E-state index contributed by atoms with van der Waals surface area (Å²) in [4.78, 5) is 12.4. The van der Waals surface area contributed by atoms with Gasteiger partial charge < -0.3 is 5.11 Å². The summed E-state index contributed by atoms with van der Waals surface area (Å²) < 4.78 is 1.79. The number of carboxylic acids is 1. The first-order valence-corrected chi connectivity index (χ1v) is 4.96. The van der Waals surface area contributed by atoms with Crippen molar-refractivity contribution in [2.24, 2.45) is 7.05 Å². The van der Waals surface area contributed by atoms with Crippen LogP contribution in [0.2, 0.25) is 0 Å². The predicted molar refractivity (Wildman–Crippen MR) is 56.5 cm³/mol. The molecular formula is C10H17N3O2. The van der Waals surface area contributed by atoms with Gasteiger partial charge in [-0.3, -0.25) is 14.4 Å². The molecule has 0 aliphatic carbocycles. The summed E-state index contributed by atoms with van der Waals surface area (Å²) >= 11 is 0. The summed E-state index contributed by atoms with van der Waals surface area (Å²) in [6.07, 6.45) is 0. The number of aryl methyl sites for hydroxylation is 2. The number of hydrogen-bond acceptors (Lipinski definition) is 3. The van der Waals surface area contributed by atoms with Crippen molar-refractivity contribution in [2.75, 3.05) is 13.1 Å². The number of hydrogen-bond donors (Lipinski definition) is 1. The minimum atomic E-state index is -0.796. The van der Waals surface area contributed by atoms with E-state index in [0.29, 0.717) is 6.54 Å². The molecule has 0 saturated heterocycles. The van der Waals surface area contributed by atoms with E-state index < -0.39 is 5.97 Å². The van der Waals surface area contributed by atoms with E-state index in [9.17, 15) is 4.79 Å². The maximum atomic E-state index is 10.6. The van der Waals surface area contributed by atoms with E-state index in [-0.39, 0.29) is 6.54 Å². The van der Waals surface area contributed by atoms with E-state index in [1.165, 1.54) is 0 Å². The number of nitrogens with zero attached hydrogens (tertiary/aromatic N) is 3. The van der Waals surface area contributed by atoms with Gasteiger partial charge in [-0.1, -0.05) is 6.92 Å². The van der Waals surface area contributed by atoms with Crippen LogP contribution in [0.25, 0.3) is 0 Å². The second kappa shape index (κ2) is 4.93. The Morgan fingerprint density at radius 3 is 2.73 bits per heavy atom. The molecule has 0 radical (unpaired) electrons. The Balaban J connectivity index is 2.66. The largest absolute Gasteiger partial charge is 0.480 e. The van der Waals surface area contributed by atoms with Crippen LogP contribution in [-0.2, 0) is 18.4 Å². The molecule has 0 fully saturated rings. The zero-order valence-corrected chi connectivity index (χ0v) is 9.40. The van der Waals surface area contributed by atoms with Crippen LogP contribution in [-0.4, -0.2) is 38.8 Å². The maximum Gasteiger partial charge on any atom is 0.317 e. The van der Waals surface area contributed by atoms with E-state index in [2.05, 4.69) is 5.10 Å². The molecular weight excluding hydrogens is 194 g/mol. The number of rotatable bonds is 5. The fraction of sp³-hybridized carbons (Fsp3) is 0.600. The normalized spacial score (nSPS) is 10.9. The molecule has 1 rings (SSSR count). The fourth-order valence-corrected chi connectivity index (χ4v) is 1.51. The first-order valence-electron chi connectivity index (χ1n) is 4.96. The van der Waals surface area contributed by atoms with Gasteiger partial charge in [0, 0.05) is 13.6 Å². The van der Waals surface area contributed by atoms with Crippen LogP contribution in [0.1, 0.15) is 18.3 Å². The number of carboxylic acid groups (broad SMARTS) is 1. The highest BCUT2D eigenvalue weighted by Gasteiger charge is 2.10. The van der Waals surface area contributed by atoms with Crippen molar-refractivity contribution in [2.45, 2.75) is 20.4 Å². The molecule has 1 N–H and O–H groups in total. The number of aliphatic carboxylic acids is 1. The van der Waals surface area contributed by atoms with Crippen LogP contribution in [0, 0.1) is 6.92 Å². The average molecular weight is 211 g/mol. The van der Waals surface area contributed by atoms with Gasteiger partial charge >= 0.3 is 5.97 Å². The molecule has 0 aromatic carbocycles. The number of carbonyl (C=O) groups is 1. The van der Waals surface area contributed by atoms with Crippen molar-refractivity contribution in [3.63, 3.8) is 0 Å². The molecule has 1 aromatic heterocycles. The molecule has 0 amide bonds. The number of aromatic nitrogens is 2. The van der Waals surface area contributed by atoms with E-state index in [1.54, 1.807) is 4.68 Å². The topological polar surface area (TPSA) is 58.4 Å². The summed E-state index contributed by atoms with van der Waals surface area (Å²) in [6.45, 7) is 5.29. The SMILES string of the molecule is CCN(CC(=O)O)Cc1cc(C)nn1C. The van der Waals surface area contributed by atoms with Gasteiger partial charge in [0.25, 0.3) is 0 Å². The van der Waals surface area contributed by atoms with Gasteiger partial charge in [0.1, 0.15) is 0 Å². The highest BCUT2D eigenvalue weighted by molar-refractivity contribution is 5.69. The maximum absolute atomic E-state index is 10.6. The van der Waals surface area contributed by atoms with Gasteiger partial charge in [0.05, 0.1) is 17.9 Å². The summed E-state index contributed by atoms with van der Waals surface area (Å²) in [6, 6.07) is 1.98. The Morgan fingerprint density at radius 2 is 2.33 bits per heavy atom. The van der Waals surface area contributed by atoms with Gasteiger partial charge in [0.2, 0.25) is 0 Å². The highest BCUT2D eigenvalue weighted by atomic mass is 16.4. The lowest BCUT2D eigenvalue weighted by Crippen LogP contribution is -2.29. The van der Waals surface area contributed by atoms with E-state index >= 15 is 0 Å². The lowest BCUT2D eigenvalue weighted by atomic mass is 10.3. The third kappa shape index (κ3) is 3.36. The van der Waals surface area contributed by atoms with E-state index in [1.807, 2.05) is 31.9 Å². The molecule has 0 spiro atoms. The molecule has 1 aromatic rings. The Labute approximate surface area is 89.3 Å². The second-order valence-corrected chi connectivity index (χ2v) is 3.60. The van der Waals surface area contributed by atoms with Crippen molar-refractivity contribution < 1.29 is 9.90 Å². The zero-order chi connectivity index (χ0) is 11.4. The third-order valence-electron chi connectivity index (χ3n) is 2.29. The van der Waals surface area contributed by atoms with Gasteiger partial charge in [-0.15, -0.1) is 0 Å². The van der Waals surface area contributed by atoms with E-state index in [4.69, 9.17) is 5.11 Å². The first-order chi connectivity index (χ1) is 7.02. The van der Waals surface area contributed by atoms with Crippen LogP contribution >= 0.6 is 0 Å². The average Bonchev–Trinajstić information content (AvgIpc) is 2.43. The molecule has 0 aliphatic heterocycles. The quantitative estimate of drug-likeness (QED) is 0.776. The first kappa shape index (κ1) is 11.7. The Morgan fingerprint density at radius 1 is 1.67 bits per heavy atom. The molecule has 5 heteroatoms. The molecule has 1 heterocycles. The van der Waals surface area contributed by atoms with Gasteiger partial charge in [-0.2, -0.15) is 5.10 Å². The lowest BCUT2D eigenvalue weighted by molar-refractivity contribution is -0.138. The van der Waals surface area contributed by atoms with Gasteiger partial charge in [0.15, 0.2) is 0 Å². The van der Waals surface area contributed by atoms with Gasteiger partial charge in [-0.25, -0.2) is 0 Å². The second-order valence-electron chi connectivity index (χ2n) is 3.60. The monoisotopic (exact) mass is 211 g/mol. The van der Waals surface area contributed by atoms with E-state index in [0.717, 1.165) is 17.9 Å². The smallest absolute Gasteiger partial charge is 0.317 e. The molecule has 0 bridgehead atoms. The lowest BCUT2D eigenvalue weighted by Gasteiger charge is -2.17.